The van der Waals surface area contributed by atoms with Crippen LogP contribution in [0.15, 0.2) is 17.7 Å². The molecule has 70 valence electrons. The minimum atomic E-state index is 0.563. The SMILES string of the molecule is C=C(Cl)Cn1c(C)cc(C=O)c1C. The summed E-state index contributed by atoms with van der Waals surface area (Å²) in [5, 5.41) is 0.569. The highest BCUT2D eigenvalue weighted by molar-refractivity contribution is 6.29. The average Bonchev–Trinajstić information content (AvgIpc) is 2.31. The van der Waals surface area contributed by atoms with Crippen molar-refractivity contribution in [1.82, 2.24) is 4.57 Å². The molecular formula is C10H12ClNO. The molecule has 13 heavy (non-hydrogen) atoms. The number of allylic oxidation sites excluding steroid dienone is 1. The van der Waals surface area contributed by atoms with E-state index in [4.69, 9.17) is 11.6 Å². The fourth-order valence-corrected chi connectivity index (χ4v) is 1.48. The summed E-state index contributed by atoms with van der Waals surface area (Å²) >= 11 is 5.71. The van der Waals surface area contributed by atoms with Crippen molar-refractivity contribution >= 4 is 17.9 Å². The van der Waals surface area contributed by atoms with Gasteiger partial charge >= 0.3 is 0 Å². The van der Waals surface area contributed by atoms with Crippen molar-refractivity contribution in [3.05, 3.63) is 34.6 Å². The Morgan fingerprint density at radius 2 is 2.31 bits per heavy atom. The summed E-state index contributed by atoms with van der Waals surface area (Å²) in [6.07, 6.45) is 0.857. The maximum Gasteiger partial charge on any atom is 0.151 e. The summed E-state index contributed by atoms with van der Waals surface area (Å²) in [5.41, 5.74) is 2.69. The first-order valence-corrected chi connectivity index (χ1v) is 4.39. The number of aromatic nitrogens is 1. The van der Waals surface area contributed by atoms with Crippen molar-refractivity contribution < 1.29 is 4.79 Å². The lowest BCUT2D eigenvalue weighted by Gasteiger charge is -2.07. The summed E-state index contributed by atoms with van der Waals surface area (Å²) < 4.78 is 1.97. The number of nitrogens with zero attached hydrogens (tertiary/aromatic N) is 1. The van der Waals surface area contributed by atoms with Crippen LogP contribution in [0.2, 0.25) is 0 Å². The molecule has 3 heteroatoms. The third kappa shape index (κ3) is 2.01. The molecule has 0 N–H and O–H groups in total. The van der Waals surface area contributed by atoms with Gasteiger partial charge in [-0.25, -0.2) is 0 Å². The Morgan fingerprint density at radius 1 is 1.69 bits per heavy atom. The van der Waals surface area contributed by atoms with E-state index >= 15 is 0 Å². The number of hydrogen-bond donors (Lipinski definition) is 0. The van der Waals surface area contributed by atoms with Crippen LogP contribution in [-0.4, -0.2) is 10.9 Å². The normalized spacial score (nSPS) is 10.1. The van der Waals surface area contributed by atoms with Gasteiger partial charge in [0.1, 0.15) is 0 Å². The van der Waals surface area contributed by atoms with Gasteiger partial charge in [-0.2, -0.15) is 0 Å². The molecule has 0 saturated heterocycles. The van der Waals surface area contributed by atoms with Crippen molar-refractivity contribution in [3.8, 4) is 0 Å². The molecule has 0 fully saturated rings. The Bertz CT molecular complexity index is 352. The number of aryl methyl sites for hydroxylation is 1. The Morgan fingerprint density at radius 3 is 2.69 bits per heavy atom. The molecule has 1 rings (SSSR count). The maximum atomic E-state index is 10.6. The Hall–Kier alpha value is -1.02. The van der Waals surface area contributed by atoms with E-state index in [0.29, 0.717) is 11.6 Å². The number of aldehydes is 1. The fraction of sp³-hybridized carbons (Fsp3) is 0.300. The van der Waals surface area contributed by atoms with Gasteiger partial charge in [0, 0.05) is 22.0 Å². The molecular weight excluding hydrogens is 186 g/mol. The Kier molecular flexibility index (Phi) is 2.94. The van der Waals surface area contributed by atoms with Crippen molar-refractivity contribution in [3.63, 3.8) is 0 Å². The van der Waals surface area contributed by atoms with Crippen LogP contribution in [-0.2, 0) is 6.54 Å². The second-order valence-corrected chi connectivity index (χ2v) is 3.58. The van der Waals surface area contributed by atoms with Crippen LogP contribution >= 0.6 is 11.6 Å². The minimum Gasteiger partial charge on any atom is -0.343 e. The van der Waals surface area contributed by atoms with Gasteiger partial charge in [0.15, 0.2) is 6.29 Å². The van der Waals surface area contributed by atoms with Gasteiger partial charge in [-0.05, 0) is 19.9 Å². The smallest absolute Gasteiger partial charge is 0.151 e. The summed E-state index contributed by atoms with van der Waals surface area (Å²) in [6.45, 7) is 8.03. The van der Waals surface area contributed by atoms with Crippen LogP contribution in [0.25, 0.3) is 0 Å². The first kappa shape index (κ1) is 10.1. The lowest BCUT2D eigenvalue weighted by atomic mass is 10.3. The Balaban J connectivity index is 3.12. The molecule has 0 aromatic carbocycles. The molecule has 1 aromatic rings. The summed E-state index contributed by atoms with van der Waals surface area (Å²) in [5.74, 6) is 0. The molecule has 0 unspecified atom stereocenters. The first-order chi connectivity index (χ1) is 6.06. The van der Waals surface area contributed by atoms with Crippen LogP contribution in [0.1, 0.15) is 21.7 Å². The third-order valence-corrected chi connectivity index (χ3v) is 2.19. The molecule has 0 bridgehead atoms. The highest BCUT2D eigenvalue weighted by atomic mass is 35.5. The zero-order valence-electron chi connectivity index (χ0n) is 7.80. The zero-order chi connectivity index (χ0) is 10.0. The fourth-order valence-electron chi connectivity index (χ4n) is 1.36. The predicted molar refractivity (Wildman–Crippen MR) is 54.3 cm³/mol. The molecule has 1 heterocycles. The third-order valence-electron chi connectivity index (χ3n) is 2.07. The van der Waals surface area contributed by atoms with E-state index in [1.807, 2.05) is 24.5 Å². The zero-order valence-corrected chi connectivity index (χ0v) is 8.56. The van der Waals surface area contributed by atoms with Crippen molar-refractivity contribution in [1.29, 1.82) is 0 Å². The average molecular weight is 198 g/mol. The van der Waals surface area contributed by atoms with Crippen molar-refractivity contribution in [2.45, 2.75) is 20.4 Å². The lowest BCUT2D eigenvalue weighted by Crippen LogP contribution is -2.02. The van der Waals surface area contributed by atoms with Gasteiger partial charge in [0.05, 0.1) is 6.54 Å². The van der Waals surface area contributed by atoms with Crippen LogP contribution in [0.4, 0.5) is 0 Å². The molecule has 0 aliphatic heterocycles. The van der Waals surface area contributed by atoms with E-state index in [1.54, 1.807) is 0 Å². The largest absolute Gasteiger partial charge is 0.343 e. The quantitative estimate of drug-likeness (QED) is 0.683. The number of rotatable bonds is 3. The van der Waals surface area contributed by atoms with Crippen LogP contribution in [0.3, 0.4) is 0 Å². The van der Waals surface area contributed by atoms with E-state index < -0.39 is 0 Å². The molecule has 0 amide bonds. The minimum absolute atomic E-state index is 0.563. The van der Waals surface area contributed by atoms with Gasteiger partial charge < -0.3 is 4.57 Å². The van der Waals surface area contributed by atoms with Gasteiger partial charge in [0.25, 0.3) is 0 Å². The predicted octanol–water partition coefficient (Wildman–Crippen LogP) is 2.67. The molecule has 0 saturated carbocycles. The second kappa shape index (κ2) is 3.79. The highest BCUT2D eigenvalue weighted by Gasteiger charge is 2.07. The van der Waals surface area contributed by atoms with Crippen molar-refractivity contribution in [2.75, 3.05) is 0 Å². The molecule has 0 atom stereocenters. The van der Waals surface area contributed by atoms with Gasteiger partial charge in [-0.3, -0.25) is 4.79 Å². The van der Waals surface area contributed by atoms with Gasteiger partial charge in [0.2, 0.25) is 0 Å². The number of hydrogen-bond acceptors (Lipinski definition) is 1. The van der Waals surface area contributed by atoms with E-state index in [-0.39, 0.29) is 0 Å². The molecule has 1 aromatic heterocycles. The van der Waals surface area contributed by atoms with E-state index in [9.17, 15) is 4.79 Å². The van der Waals surface area contributed by atoms with Gasteiger partial charge in [-0.1, -0.05) is 18.2 Å². The number of halogens is 1. The molecule has 2 nitrogen and oxygen atoms in total. The van der Waals surface area contributed by atoms with E-state index in [2.05, 4.69) is 6.58 Å². The molecule has 0 spiro atoms. The standard InChI is InChI=1S/C10H12ClNO/c1-7(11)5-12-8(2)4-10(6-13)9(12)3/h4,6H,1,5H2,2-3H3. The van der Waals surface area contributed by atoms with Crippen LogP contribution in [0, 0.1) is 13.8 Å². The van der Waals surface area contributed by atoms with E-state index in [0.717, 1.165) is 23.2 Å². The lowest BCUT2D eigenvalue weighted by molar-refractivity contribution is 0.112. The highest BCUT2D eigenvalue weighted by Crippen LogP contribution is 2.15. The van der Waals surface area contributed by atoms with Crippen molar-refractivity contribution in [2.24, 2.45) is 0 Å². The molecule has 0 aliphatic rings. The first-order valence-electron chi connectivity index (χ1n) is 4.01. The Labute approximate surface area is 82.8 Å². The molecule has 0 aliphatic carbocycles. The maximum absolute atomic E-state index is 10.6. The molecule has 0 radical (unpaired) electrons. The van der Waals surface area contributed by atoms with Crippen LogP contribution < -0.4 is 0 Å². The number of carbonyl (C=O) groups excluding carboxylic acids is 1. The summed E-state index contributed by atoms with van der Waals surface area (Å²) in [4.78, 5) is 10.6. The second-order valence-electron chi connectivity index (χ2n) is 3.05. The van der Waals surface area contributed by atoms with E-state index in [1.165, 1.54) is 0 Å². The topological polar surface area (TPSA) is 22.0 Å². The summed E-state index contributed by atoms with van der Waals surface area (Å²) in [6, 6.07) is 1.85. The number of carbonyl (C=O) groups is 1. The van der Waals surface area contributed by atoms with Gasteiger partial charge in [-0.15, -0.1) is 0 Å². The monoisotopic (exact) mass is 197 g/mol. The summed E-state index contributed by atoms with van der Waals surface area (Å²) in [7, 11) is 0. The van der Waals surface area contributed by atoms with Crippen LogP contribution in [0.5, 0.6) is 0 Å².